The summed E-state index contributed by atoms with van der Waals surface area (Å²) in [6, 6.07) is 10.5. The van der Waals surface area contributed by atoms with Crippen LogP contribution in [0.1, 0.15) is 12.7 Å². The fourth-order valence-electron chi connectivity index (χ4n) is 3.16. The predicted molar refractivity (Wildman–Crippen MR) is 113 cm³/mol. The van der Waals surface area contributed by atoms with Gasteiger partial charge in [0.15, 0.2) is 0 Å². The van der Waals surface area contributed by atoms with Crippen molar-refractivity contribution in [2.24, 2.45) is 0 Å². The first-order valence-corrected chi connectivity index (χ1v) is 10.1. The summed E-state index contributed by atoms with van der Waals surface area (Å²) in [7, 11) is 4.05. The van der Waals surface area contributed by atoms with E-state index in [1.807, 2.05) is 24.8 Å². The highest BCUT2D eigenvalue weighted by Gasteiger charge is 2.17. The zero-order valence-corrected chi connectivity index (χ0v) is 17.0. The monoisotopic (exact) mass is 393 g/mol. The fourth-order valence-corrected chi connectivity index (χ4v) is 4.13. The molecule has 0 radical (unpaired) electrons. The molecule has 0 saturated heterocycles. The zero-order valence-electron chi connectivity index (χ0n) is 16.2. The summed E-state index contributed by atoms with van der Waals surface area (Å²) in [5.41, 5.74) is 2.33. The second-order valence-electron chi connectivity index (χ2n) is 7.08. The highest BCUT2D eigenvalue weighted by Crippen LogP contribution is 2.37. The average molecular weight is 394 g/mol. The van der Waals surface area contributed by atoms with Crippen LogP contribution in [0.25, 0.3) is 21.3 Å². The second kappa shape index (κ2) is 8.04. The van der Waals surface area contributed by atoms with Crippen LogP contribution in [0.5, 0.6) is 0 Å². The summed E-state index contributed by atoms with van der Waals surface area (Å²) in [6.45, 7) is 3.52. The Balaban J connectivity index is 1.75. The molecule has 0 bridgehead atoms. The standard InChI is InChI=1S/C20H23N7S/c1-14(9-27-13-21-12-22-27)23-19-18-16(15-7-5-4-6-8-15)11-28-20(18)25-17(24-19)10-26(2)3/h4-8,11-14H,9-10H2,1-3H3,(H,23,24,25)/t14-/m0/s1. The van der Waals surface area contributed by atoms with Gasteiger partial charge in [0.1, 0.15) is 29.1 Å². The highest BCUT2D eigenvalue weighted by atomic mass is 32.1. The van der Waals surface area contributed by atoms with E-state index in [1.165, 1.54) is 5.56 Å². The van der Waals surface area contributed by atoms with Crippen LogP contribution < -0.4 is 5.32 Å². The van der Waals surface area contributed by atoms with E-state index in [9.17, 15) is 0 Å². The Hall–Kier alpha value is -2.84. The van der Waals surface area contributed by atoms with Crippen LogP contribution in [-0.2, 0) is 13.1 Å². The normalized spacial score (nSPS) is 12.6. The van der Waals surface area contributed by atoms with E-state index >= 15 is 0 Å². The first kappa shape index (κ1) is 18.5. The van der Waals surface area contributed by atoms with Crippen LogP contribution in [-0.4, -0.2) is 49.8 Å². The molecule has 8 heteroatoms. The summed E-state index contributed by atoms with van der Waals surface area (Å²) in [5.74, 6) is 1.68. The van der Waals surface area contributed by atoms with Crippen LogP contribution in [0.4, 0.5) is 5.82 Å². The fraction of sp³-hybridized carbons (Fsp3) is 0.300. The molecule has 0 spiro atoms. The number of rotatable bonds is 7. The van der Waals surface area contributed by atoms with Gasteiger partial charge >= 0.3 is 0 Å². The molecule has 0 aliphatic carbocycles. The largest absolute Gasteiger partial charge is 0.365 e. The molecule has 1 N–H and O–H groups in total. The number of nitrogens with one attached hydrogen (secondary N) is 1. The van der Waals surface area contributed by atoms with Crippen LogP contribution in [0, 0.1) is 0 Å². The number of aromatic nitrogens is 5. The van der Waals surface area contributed by atoms with E-state index in [0.29, 0.717) is 13.1 Å². The van der Waals surface area contributed by atoms with Gasteiger partial charge in [0.2, 0.25) is 0 Å². The number of fused-ring (bicyclic) bond motifs is 1. The molecule has 28 heavy (non-hydrogen) atoms. The quantitative estimate of drug-likeness (QED) is 0.518. The van der Waals surface area contributed by atoms with Crippen molar-refractivity contribution in [2.45, 2.75) is 26.1 Å². The molecule has 0 fully saturated rings. The van der Waals surface area contributed by atoms with Crippen molar-refractivity contribution in [3.05, 3.63) is 54.2 Å². The Morgan fingerprint density at radius 1 is 1.18 bits per heavy atom. The molecular formula is C20H23N7S. The van der Waals surface area contributed by atoms with Crippen molar-refractivity contribution >= 4 is 27.4 Å². The van der Waals surface area contributed by atoms with Gasteiger partial charge in [-0.05, 0) is 26.6 Å². The minimum atomic E-state index is 0.135. The summed E-state index contributed by atoms with van der Waals surface area (Å²) in [5, 5.41) is 11.0. The molecular weight excluding hydrogens is 370 g/mol. The maximum atomic E-state index is 4.87. The zero-order chi connectivity index (χ0) is 19.5. The van der Waals surface area contributed by atoms with Gasteiger partial charge in [0, 0.05) is 17.0 Å². The molecule has 1 atom stereocenters. The average Bonchev–Trinajstić information content (AvgIpc) is 3.31. The van der Waals surface area contributed by atoms with Gasteiger partial charge in [-0.3, -0.25) is 4.68 Å². The van der Waals surface area contributed by atoms with E-state index < -0.39 is 0 Å². The molecule has 0 aliphatic heterocycles. The lowest BCUT2D eigenvalue weighted by Gasteiger charge is -2.17. The van der Waals surface area contributed by atoms with Gasteiger partial charge in [0.25, 0.3) is 0 Å². The summed E-state index contributed by atoms with van der Waals surface area (Å²) in [4.78, 5) is 16.8. The molecule has 0 amide bonds. The van der Waals surface area contributed by atoms with Crippen molar-refractivity contribution in [1.82, 2.24) is 29.6 Å². The van der Waals surface area contributed by atoms with Crippen molar-refractivity contribution in [1.29, 1.82) is 0 Å². The molecule has 0 aliphatic rings. The van der Waals surface area contributed by atoms with Gasteiger partial charge < -0.3 is 10.2 Å². The number of anilines is 1. The third-order valence-electron chi connectivity index (χ3n) is 4.33. The number of hydrogen-bond acceptors (Lipinski definition) is 7. The number of benzene rings is 1. The Morgan fingerprint density at radius 3 is 2.71 bits per heavy atom. The lowest BCUT2D eigenvalue weighted by atomic mass is 10.1. The summed E-state index contributed by atoms with van der Waals surface area (Å²) < 4.78 is 1.82. The minimum absolute atomic E-state index is 0.135. The maximum Gasteiger partial charge on any atom is 0.146 e. The molecule has 4 rings (SSSR count). The molecule has 0 saturated carbocycles. The van der Waals surface area contributed by atoms with Crippen molar-refractivity contribution < 1.29 is 0 Å². The second-order valence-corrected chi connectivity index (χ2v) is 7.94. The van der Waals surface area contributed by atoms with Crippen molar-refractivity contribution in [3.8, 4) is 11.1 Å². The number of nitrogens with zero attached hydrogens (tertiary/aromatic N) is 6. The summed E-state index contributed by atoms with van der Waals surface area (Å²) in [6.07, 6.45) is 3.28. The first-order chi connectivity index (χ1) is 13.6. The lowest BCUT2D eigenvalue weighted by Crippen LogP contribution is -2.23. The van der Waals surface area contributed by atoms with Crippen molar-refractivity contribution in [2.75, 3.05) is 19.4 Å². The molecule has 1 aromatic carbocycles. The topological polar surface area (TPSA) is 71.8 Å². The maximum absolute atomic E-state index is 4.87. The third-order valence-corrected chi connectivity index (χ3v) is 5.21. The van der Waals surface area contributed by atoms with Crippen LogP contribution in [0.3, 0.4) is 0 Å². The van der Waals surface area contributed by atoms with Crippen LogP contribution >= 0.6 is 11.3 Å². The Labute approximate surface area is 168 Å². The molecule has 144 valence electrons. The van der Waals surface area contributed by atoms with Crippen LogP contribution in [0.15, 0.2) is 48.4 Å². The lowest BCUT2D eigenvalue weighted by molar-refractivity contribution is 0.391. The van der Waals surface area contributed by atoms with E-state index in [0.717, 1.165) is 27.4 Å². The molecule has 4 aromatic rings. The Bertz CT molecular complexity index is 1040. The first-order valence-electron chi connectivity index (χ1n) is 9.17. The van der Waals surface area contributed by atoms with E-state index in [1.54, 1.807) is 24.0 Å². The molecule has 3 heterocycles. The smallest absolute Gasteiger partial charge is 0.146 e. The Morgan fingerprint density at radius 2 is 2.00 bits per heavy atom. The van der Waals surface area contributed by atoms with Crippen LogP contribution in [0.2, 0.25) is 0 Å². The minimum Gasteiger partial charge on any atom is -0.365 e. The van der Waals surface area contributed by atoms with Gasteiger partial charge in [-0.1, -0.05) is 30.3 Å². The molecule has 7 nitrogen and oxygen atoms in total. The highest BCUT2D eigenvalue weighted by molar-refractivity contribution is 7.17. The van der Waals surface area contributed by atoms with E-state index in [2.05, 4.69) is 56.9 Å². The summed E-state index contributed by atoms with van der Waals surface area (Å²) >= 11 is 1.66. The third kappa shape index (κ3) is 4.02. The van der Waals surface area contributed by atoms with E-state index in [-0.39, 0.29) is 6.04 Å². The van der Waals surface area contributed by atoms with E-state index in [4.69, 9.17) is 9.97 Å². The SMILES string of the molecule is C[C@@H](Cn1cncn1)Nc1nc(CN(C)C)nc2scc(-c3ccccc3)c12. The van der Waals surface area contributed by atoms with Gasteiger partial charge in [0.05, 0.1) is 18.5 Å². The Kier molecular flexibility index (Phi) is 5.31. The number of thiophene rings is 1. The number of hydrogen-bond donors (Lipinski definition) is 1. The molecule has 3 aromatic heterocycles. The van der Waals surface area contributed by atoms with Gasteiger partial charge in [-0.2, -0.15) is 5.10 Å². The van der Waals surface area contributed by atoms with Crippen molar-refractivity contribution in [3.63, 3.8) is 0 Å². The van der Waals surface area contributed by atoms with Gasteiger partial charge in [-0.15, -0.1) is 11.3 Å². The molecule has 0 unspecified atom stereocenters. The predicted octanol–water partition coefficient (Wildman–Crippen LogP) is 3.51. The van der Waals surface area contributed by atoms with Gasteiger partial charge in [-0.25, -0.2) is 15.0 Å².